The zero-order valence-corrected chi connectivity index (χ0v) is 31.3. The maximum absolute atomic E-state index is 5.34. The Labute approximate surface area is 349 Å². The molecule has 0 aliphatic carbocycles. The molecule has 0 bridgehead atoms. The van der Waals surface area contributed by atoms with E-state index in [-0.39, 0.29) is 49.8 Å². The van der Waals surface area contributed by atoms with Gasteiger partial charge in [-0.15, -0.1) is 11.4 Å². The van der Waals surface area contributed by atoms with Gasteiger partial charge in [-0.2, -0.15) is 0 Å². The molecule has 0 amide bonds. The molecular weight excluding hydrogens is 670 g/mol. The van der Waals surface area contributed by atoms with Crippen molar-refractivity contribution >= 4 is 66.9 Å². The van der Waals surface area contributed by atoms with Gasteiger partial charge in [-0.05, 0) is 67.7 Å². The minimum atomic E-state index is -0.138. The Bertz CT molecular complexity index is 2840. The van der Waals surface area contributed by atoms with E-state index in [0.717, 1.165) is 77.9 Å². The van der Waals surface area contributed by atoms with Crippen LogP contribution in [0.15, 0.2) is 170 Å². The van der Waals surface area contributed by atoms with Crippen molar-refractivity contribution in [3.05, 3.63) is 203 Å². The molecule has 56 heavy (non-hydrogen) atoms. The molecule has 11 rings (SSSR count). The molecule has 0 saturated heterocycles. The minimum Gasteiger partial charge on any atom is -0.673 e. The topological polar surface area (TPSA) is 54.0 Å². The second-order valence-corrected chi connectivity index (χ2v) is 14.2. The fourth-order valence-electron chi connectivity index (χ4n) is 7.99. The Balaban J connectivity index is 0.00000205. The minimum absolute atomic E-state index is 0. The zero-order valence-electron chi connectivity index (χ0n) is 31.3. The van der Waals surface area contributed by atoms with Gasteiger partial charge in [-0.25, -0.2) is 9.97 Å². The third-order valence-electron chi connectivity index (χ3n) is 10.9. The molecular formula is C50H32Li2N4. The predicted molar refractivity (Wildman–Crippen MR) is 225 cm³/mol. The summed E-state index contributed by atoms with van der Waals surface area (Å²) in [5.74, 6) is 0. The molecule has 9 aromatic rings. The van der Waals surface area contributed by atoms with Gasteiger partial charge in [0.2, 0.25) is 0 Å². The van der Waals surface area contributed by atoms with Crippen molar-refractivity contribution in [2.24, 2.45) is 0 Å². The summed E-state index contributed by atoms with van der Waals surface area (Å²) < 4.78 is 0. The van der Waals surface area contributed by atoms with Crippen molar-refractivity contribution in [3.8, 4) is 22.5 Å². The smallest absolute Gasteiger partial charge is 0.673 e. The molecule has 254 valence electrons. The van der Waals surface area contributed by atoms with Crippen LogP contribution in [0.25, 0.3) is 88.7 Å². The summed E-state index contributed by atoms with van der Waals surface area (Å²) in [6.07, 6.45) is 8.76. The molecule has 0 N–H and O–H groups in total. The van der Waals surface area contributed by atoms with Crippen LogP contribution >= 0.6 is 0 Å². The Morgan fingerprint density at radius 3 is 1.29 bits per heavy atom. The SMILES string of the molecule is C1=CC(c2cccc(C3C=Cc4ccc5ccc(-c6ccc7ccccc7c6)nc5c4[N-]3)c2)[N-]c2c1ccc1ccc(-c3ccc4ccccc4c3)nc21.[Li+].[Li+]. The first kappa shape index (κ1) is 35.8. The van der Waals surface area contributed by atoms with Crippen molar-refractivity contribution in [2.75, 3.05) is 0 Å². The first-order valence-electron chi connectivity index (χ1n) is 18.4. The number of fused-ring (bicyclic) bond motifs is 8. The fraction of sp³-hybridized carbons (Fsp3) is 0.0400. The largest absolute Gasteiger partial charge is 1.00 e. The van der Waals surface area contributed by atoms with Gasteiger partial charge >= 0.3 is 37.7 Å². The Hall–Kier alpha value is -5.85. The van der Waals surface area contributed by atoms with E-state index in [2.05, 4.69) is 182 Å². The third kappa shape index (κ3) is 6.32. The van der Waals surface area contributed by atoms with Crippen molar-refractivity contribution in [1.29, 1.82) is 0 Å². The summed E-state index contributed by atoms with van der Waals surface area (Å²) in [6, 6.07) is 55.5. The molecule has 2 aliphatic rings. The Morgan fingerprint density at radius 1 is 0.375 bits per heavy atom. The predicted octanol–water partition coefficient (Wildman–Crippen LogP) is 7.98. The van der Waals surface area contributed by atoms with Gasteiger partial charge in [-0.3, -0.25) is 0 Å². The summed E-state index contributed by atoms with van der Waals surface area (Å²) in [4.78, 5) is 10.4. The van der Waals surface area contributed by atoms with Crippen LogP contribution in [0.4, 0.5) is 11.4 Å². The van der Waals surface area contributed by atoms with E-state index in [1.807, 2.05) is 0 Å². The van der Waals surface area contributed by atoms with Crippen molar-refractivity contribution in [3.63, 3.8) is 0 Å². The van der Waals surface area contributed by atoms with Gasteiger partial charge in [0.05, 0.1) is 22.4 Å². The molecule has 2 aliphatic heterocycles. The summed E-state index contributed by atoms with van der Waals surface area (Å²) >= 11 is 0. The Morgan fingerprint density at radius 2 is 0.804 bits per heavy atom. The quantitative estimate of drug-likeness (QED) is 0.175. The Kier molecular flexibility index (Phi) is 9.39. The van der Waals surface area contributed by atoms with Crippen molar-refractivity contribution in [2.45, 2.75) is 12.1 Å². The van der Waals surface area contributed by atoms with Crippen LogP contribution in [0, 0.1) is 0 Å². The molecule has 0 fully saturated rings. The van der Waals surface area contributed by atoms with E-state index in [0.29, 0.717) is 0 Å². The van der Waals surface area contributed by atoms with Gasteiger partial charge in [0.1, 0.15) is 0 Å². The zero-order chi connectivity index (χ0) is 35.6. The molecule has 4 heterocycles. The molecule has 2 unspecified atom stereocenters. The molecule has 0 saturated carbocycles. The maximum Gasteiger partial charge on any atom is 1.00 e. The van der Waals surface area contributed by atoms with Crippen LogP contribution < -0.4 is 37.7 Å². The van der Waals surface area contributed by atoms with Crippen LogP contribution in [0.5, 0.6) is 0 Å². The number of hydrogen-bond donors (Lipinski definition) is 0. The van der Waals surface area contributed by atoms with Crippen LogP contribution in [0.3, 0.4) is 0 Å². The van der Waals surface area contributed by atoms with E-state index in [1.165, 1.54) is 21.5 Å². The normalized spacial score (nSPS) is 15.4. The summed E-state index contributed by atoms with van der Waals surface area (Å²) in [5.41, 5.74) is 12.2. The molecule has 2 atom stereocenters. The van der Waals surface area contributed by atoms with Gasteiger partial charge in [0.15, 0.2) is 0 Å². The van der Waals surface area contributed by atoms with E-state index in [4.69, 9.17) is 20.6 Å². The van der Waals surface area contributed by atoms with Crippen LogP contribution in [0.1, 0.15) is 34.3 Å². The second kappa shape index (κ2) is 14.7. The molecule has 0 spiro atoms. The van der Waals surface area contributed by atoms with E-state index in [1.54, 1.807) is 0 Å². The van der Waals surface area contributed by atoms with Crippen molar-refractivity contribution < 1.29 is 37.7 Å². The van der Waals surface area contributed by atoms with Gasteiger partial charge in [-0.1, -0.05) is 181 Å². The molecule has 7 aromatic carbocycles. The van der Waals surface area contributed by atoms with E-state index < -0.39 is 0 Å². The fourth-order valence-corrected chi connectivity index (χ4v) is 7.99. The van der Waals surface area contributed by atoms with E-state index in [9.17, 15) is 0 Å². The number of pyridine rings is 2. The number of nitrogens with zero attached hydrogens (tertiary/aromatic N) is 4. The first-order valence-corrected chi connectivity index (χ1v) is 18.4. The average molecular weight is 703 g/mol. The standard InChI is InChI=1S/C50H32N4.2Li/c1-3-8-37-28-41(18-12-31(37)6-1)45-26-22-35-16-14-33-20-24-43(51-47(33)49(35)53-45)39-10-5-11-40(30-39)44-25-21-34-15-17-36-23-27-46(54-50(36)48(34)52-44)42-19-13-32-7-2-4-9-38(32)29-42;;/h1-30,43-44H;;/q-2;2*+1. The van der Waals surface area contributed by atoms with Crippen LogP contribution in [-0.4, -0.2) is 9.97 Å². The average Bonchev–Trinajstić information content (AvgIpc) is 3.25. The number of benzene rings is 7. The monoisotopic (exact) mass is 702 g/mol. The van der Waals surface area contributed by atoms with Crippen LogP contribution in [-0.2, 0) is 0 Å². The van der Waals surface area contributed by atoms with Crippen molar-refractivity contribution in [1.82, 2.24) is 9.97 Å². The number of hydrogen-bond acceptors (Lipinski definition) is 2. The summed E-state index contributed by atoms with van der Waals surface area (Å²) in [6.45, 7) is 0. The molecule has 4 nitrogen and oxygen atoms in total. The maximum atomic E-state index is 5.34. The van der Waals surface area contributed by atoms with E-state index >= 15 is 0 Å². The first-order chi connectivity index (χ1) is 26.7. The van der Waals surface area contributed by atoms with Crippen LogP contribution in [0.2, 0.25) is 0 Å². The molecule has 6 heteroatoms. The second-order valence-electron chi connectivity index (χ2n) is 14.2. The molecule has 0 radical (unpaired) electrons. The van der Waals surface area contributed by atoms with Gasteiger partial charge < -0.3 is 10.6 Å². The molecule has 2 aromatic heterocycles. The summed E-state index contributed by atoms with van der Waals surface area (Å²) in [5, 5.41) is 17.7. The third-order valence-corrected chi connectivity index (χ3v) is 10.9. The number of aromatic nitrogens is 2. The number of rotatable bonds is 4. The summed E-state index contributed by atoms with van der Waals surface area (Å²) in [7, 11) is 0. The van der Waals surface area contributed by atoms with Gasteiger partial charge in [0.25, 0.3) is 0 Å². The van der Waals surface area contributed by atoms with Gasteiger partial charge in [0, 0.05) is 11.1 Å².